The zero-order valence-corrected chi connectivity index (χ0v) is 23.1. The highest BCUT2D eigenvalue weighted by molar-refractivity contribution is 7.48. The van der Waals surface area contributed by atoms with Crippen LogP contribution in [0.3, 0.4) is 0 Å². The van der Waals surface area contributed by atoms with Gasteiger partial charge in [-0.15, -0.1) is 0 Å². The normalized spacial score (nSPS) is 14.1. The van der Waals surface area contributed by atoms with Gasteiger partial charge in [0, 0.05) is 29.5 Å². The van der Waals surface area contributed by atoms with E-state index in [1.165, 1.54) is 38.7 Å². The van der Waals surface area contributed by atoms with Crippen molar-refractivity contribution in [3.05, 3.63) is 94.0 Å². The Morgan fingerprint density at radius 2 is 1.56 bits per heavy atom. The second kappa shape index (κ2) is 10.9. The average molecular weight is 474 g/mol. The second-order valence-electron chi connectivity index (χ2n) is 10.5. The van der Waals surface area contributed by atoms with E-state index >= 15 is 0 Å². The van der Waals surface area contributed by atoms with E-state index in [2.05, 4.69) is 114 Å². The summed E-state index contributed by atoms with van der Waals surface area (Å²) in [6, 6.07) is 21.9. The molecule has 0 aliphatic heterocycles. The number of hydrogen-bond acceptors (Lipinski definition) is 2. The predicted molar refractivity (Wildman–Crippen MR) is 151 cm³/mol. The summed E-state index contributed by atoms with van der Waals surface area (Å²) in [6.45, 7) is 16.5. The van der Waals surface area contributed by atoms with Crippen LogP contribution in [0.15, 0.2) is 65.7 Å². The summed E-state index contributed by atoms with van der Waals surface area (Å²) >= 11 is 0. The first-order valence-corrected chi connectivity index (χ1v) is 13.2. The molecule has 3 aromatic rings. The second-order valence-corrected chi connectivity index (χ2v) is 12.4. The fourth-order valence-corrected chi connectivity index (χ4v) is 5.85. The first kappa shape index (κ1) is 26.2. The molecule has 0 aliphatic rings. The first-order chi connectivity index (χ1) is 16.1. The topological polar surface area (TPSA) is 21.6 Å². The molecule has 0 aliphatic carbocycles. The standard InChI is InChI=1S/C31H40NOP/c1-9-31(7,34-28-16-15-22(2)17-25(28)20-32-8)27-19-23(3)18-26(30(4,5)6)29(27)33-21-24-13-11-10-12-14-24/h10-20,34H,9,21H2,1-8H3/b32-20+. The van der Waals surface area contributed by atoms with Crippen molar-refractivity contribution >= 4 is 20.1 Å². The Morgan fingerprint density at radius 1 is 0.882 bits per heavy atom. The van der Waals surface area contributed by atoms with E-state index in [0.717, 1.165) is 12.2 Å². The first-order valence-electron chi connectivity index (χ1n) is 12.2. The van der Waals surface area contributed by atoms with Gasteiger partial charge >= 0.3 is 0 Å². The van der Waals surface area contributed by atoms with E-state index in [-0.39, 0.29) is 10.6 Å². The number of rotatable bonds is 8. The fraction of sp³-hybridized carbons (Fsp3) is 0.387. The molecule has 2 atom stereocenters. The minimum absolute atomic E-state index is 0.0194. The van der Waals surface area contributed by atoms with Gasteiger partial charge in [-0.1, -0.05) is 109 Å². The number of hydrogen-bond donors (Lipinski definition) is 0. The lowest BCUT2D eigenvalue weighted by molar-refractivity contribution is 0.291. The summed E-state index contributed by atoms with van der Waals surface area (Å²) < 4.78 is 6.70. The Bertz CT molecular complexity index is 1140. The van der Waals surface area contributed by atoms with E-state index in [1.807, 2.05) is 13.3 Å². The van der Waals surface area contributed by atoms with Gasteiger partial charge in [0.25, 0.3) is 0 Å². The number of aryl methyl sites for hydroxylation is 2. The quantitative estimate of drug-likeness (QED) is 0.241. The molecule has 2 unspecified atom stereocenters. The van der Waals surface area contributed by atoms with E-state index in [4.69, 9.17) is 4.74 Å². The molecule has 0 heterocycles. The maximum absolute atomic E-state index is 6.70. The van der Waals surface area contributed by atoms with Gasteiger partial charge in [0.05, 0.1) is 0 Å². The molecule has 0 bridgehead atoms. The molecule has 0 amide bonds. The van der Waals surface area contributed by atoms with Crippen molar-refractivity contribution in [1.29, 1.82) is 0 Å². The Labute approximate surface area is 208 Å². The molecule has 3 heteroatoms. The third-order valence-electron chi connectivity index (χ3n) is 6.45. The van der Waals surface area contributed by atoms with Gasteiger partial charge in [-0.25, -0.2) is 0 Å². The van der Waals surface area contributed by atoms with Crippen LogP contribution in [0.2, 0.25) is 0 Å². The Kier molecular flexibility index (Phi) is 8.37. The molecule has 0 saturated carbocycles. The minimum atomic E-state index is -0.0520. The van der Waals surface area contributed by atoms with Crippen molar-refractivity contribution in [2.24, 2.45) is 4.99 Å². The van der Waals surface area contributed by atoms with Crippen LogP contribution in [0.5, 0.6) is 5.75 Å². The molecule has 0 N–H and O–H groups in total. The summed E-state index contributed by atoms with van der Waals surface area (Å²) in [5.41, 5.74) is 7.53. The van der Waals surface area contributed by atoms with Crippen LogP contribution < -0.4 is 10.0 Å². The van der Waals surface area contributed by atoms with Crippen molar-refractivity contribution in [3.63, 3.8) is 0 Å². The van der Waals surface area contributed by atoms with E-state index < -0.39 is 0 Å². The van der Waals surface area contributed by atoms with Gasteiger partial charge in [0.1, 0.15) is 12.4 Å². The van der Waals surface area contributed by atoms with Crippen molar-refractivity contribution in [1.82, 2.24) is 0 Å². The average Bonchev–Trinajstić information content (AvgIpc) is 2.79. The Morgan fingerprint density at radius 3 is 2.18 bits per heavy atom. The summed E-state index contributed by atoms with van der Waals surface area (Å²) in [5, 5.41) is 1.30. The monoisotopic (exact) mass is 473 g/mol. The van der Waals surface area contributed by atoms with E-state index in [0.29, 0.717) is 15.2 Å². The third-order valence-corrected chi connectivity index (χ3v) is 8.35. The van der Waals surface area contributed by atoms with Crippen LogP contribution in [-0.4, -0.2) is 13.3 Å². The number of aliphatic imine (C=N–C) groups is 1. The van der Waals surface area contributed by atoms with Crippen molar-refractivity contribution in [2.75, 3.05) is 7.05 Å². The van der Waals surface area contributed by atoms with Crippen LogP contribution >= 0.6 is 8.58 Å². The zero-order valence-electron chi connectivity index (χ0n) is 22.1. The molecule has 0 radical (unpaired) electrons. The minimum Gasteiger partial charge on any atom is -0.488 e. The fourth-order valence-electron chi connectivity index (χ4n) is 4.31. The summed E-state index contributed by atoms with van der Waals surface area (Å²) in [7, 11) is 2.45. The molecule has 0 aromatic heterocycles. The Balaban J connectivity index is 2.14. The van der Waals surface area contributed by atoms with E-state index in [9.17, 15) is 0 Å². The largest absolute Gasteiger partial charge is 0.488 e. The lowest BCUT2D eigenvalue weighted by atomic mass is 9.81. The highest BCUT2D eigenvalue weighted by Crippen LogP contribution is 2.50. The molecule has 0 fully saturated rings. The van der Waals surface area contributed by atoms with Crippen LogP contribution in [0.1, 0.15) is 74.4 Å². The van der Waals surface area contributed by atoms with Crippen LogP contribution in [0, 0.1) is 13.8 Å². The zero-order chi connectivity index (χ0) is 24.9. The summed E-state index contributed by atoms with van der Waals surface area (Å²) in [6.07, 6.45) is 3.02. The molecule has 34 heavy (non-hydrogen) atoms. The molecule has 0 saturated heterocycles. The lowest BCUT2D eigenvalue weighted by Gasteiger charge is -2.35. The van der Waals surface area contributed by atoms with Crippen molar-refractivity contribution in [3.8, 4) is 5.75 Å². The van der Waals surface area contributed by atoms with Gasteiger partial charge in [-0.3, -0.25) is 4.99 Å². The summed E-state index contributed by atoms with van der Waals surface area (Å²) in [4.78, 5) is 4.33. The van der Waals surface area contributed by atoms with Crippen LogP contribution in [-0.2, 0) is 17.2 Å². The van der Waals surface area contributed by atoms with Crippen LogP contribution in [0.4, 0.5) is 0 Å². The SMILES string of the molecule is CCC(C)(Pc1ccc(C)cc1/C=N/C)c1cc(C)cc(C(C)(C)C)c1OCc1ccccc1. The van der Waals surface area contributed by atoms with Gasteiger partial charge < -0.3 is 4.74 Å². The van der Waals surface area contributed by atoms with Gasteiger partial charge in [0.15, 0.2) is 0 Å². The van der Waals surface area contributed by atoms with Gasteiger partial charge in [0.2, 0.25) is 0 Å². The molecule has 3 rings (SSSR count). The predicted octanol–water partition coefficient (Wildman–Crippen LogP) is 7.86. The summed E-state index contributed by atoms with van der Waals surface area (Å²) in [5.74, 6) is 1.05. The molecule has 0 spiro atoms. The van der Waals surface area contributed by atoms with Crippen LogP contribution in [0.25, 0.3) is 0 Å². The molecular formula is C31H40NOP. The lowest BCUT2D eigenvalue weighted by Crippen LogP contribution is -2.24. The number of nitrogens with zero attached hydrogens (tertiary/aromatic N) is 1. The maximum Gasteiger partial charge on any atom is 0.127 e. The third kappa shape index (κ3) is 6.16. The van der Waals surface area contributed by atoms with E-state index in [1.54, 1.807) is 0 Å². The van der Waals surface area contributed by atoms with Crippen molar-refractivity contribution in [2.45, 2.75) is 72.1 Å². The molecule has 2 nitrogen and oxygen atoms in total. The highest BCUT2D eigenvalue weighted by atomic mass is 31.1. The van der Waals surface area contributed by atoms with Gasteiger partial charge in [-0.2, -0.15) is 0 Å². The molecular weight excluding hydrogens is 433 g/mol. The molecule has 180 valence electrons. The Hall–Kier alpha value is -2.44. The highest BCUT2D eigenvalue weighted by Gasteiger charge is 2.33. The smallest absolute Gasteiger partial charge is 0.127 e. The van der Waals surface area contributed by atoms with Gasteiger partial charge in [-0.05, 0) is 48.2 Å². The number of benzene rings is 3. The number of ether oxygens (including phenoxy) is 1. The maximum atomic E-state index is 6.70. The molecule has 3 aromatic carbocycles. The van der Waals surface area contributed by atoms with Crippen molar-refractivity contribution < 1.29 is 4.74 Å².